The van der Waals surface area contributed by atoms with E-state index in [1.54, 1.807) is 0 Å². The number of hydrogen-bond donors (Lipinski definition) is 1. The van der Waals surface area contributed by atoms with E-state index in [9.17, 15) is 0 Å². The number of rotatable bonds is 3. The van der Waals surface area contributed by atoms with Gasteiger partial charge in [-0.25, -0.2) is 0 Å². The highest BCUT2D eigenvalue weighted by molar-refractivity contribution is 5.02. The Kier molecular flexibility index (Phi) is 2.61. The van der Waals surface area contributed by atoms with Crippen molar-refractivity contribution >= 4 is 0 Å². The maximum atomic E-state index is 6.02. The molecule has 0 spiro atoms. The Morgan fingerprint density at radius 2 is 2.00 bits per heavy atom. The van der Waals surface area contributed by atoms with E-state index in [4.69, 9.17) is 4.74 Å². The van der Waals surface area contributed by atoms with Crippen molar-refractivity contribution in [3.63, 3.8) is 0 Å². The number of hydrogen-bond acceptors (Lipinski definition) is 2. The molecule has 0 bridgehead atoms. The average Bonchev–Trinajstić information content (AvgIpc) is 3.01. The largest absolute Gasteiger partial charge is 0.372 e. The van der Waals surface area contributed by atoms with Crippen molar-refractivity contribution in [2.75, 3.05) is 13.2 Å². The molecule has 2 heteroatoms. The molecule has 1 aliphatic heterocycles. The van der Waals surface area contributed by atoms with Crippen molar-refractivity contribution in [2.45, 2.75) is 51.2 Å². The summed E-state index contributed by atoms with van der Waals surface area (Å²) in [5.41, 5.74) is 0.152. The van der Waals surface area contributed by atoms with E-state index in [2.05, 4.69) is 19.2 Å². The minimum absolute atomic E-state index is 0.152. The fourth-order valence-corrected chi connectivity index (χ4v) is 2.66. The predicted octanol–water partition coefficient (Wildman–Crippen LogP) is 1.94. The second-order valence-electron chi connectivity index (χ2n) is 4.39. The van der Waals surface area contributed by atoms with Gasteiger partial charge in [-0.2, -0.15) is 0 Å². The molecular formula is C11H21NO. The summed E-state index contributed by atoms with van der Waals surface area (Å²) in [4.78, 5) is 0. The van der Waals surface area contributed by atoms with Crippen LogP contribution in [0.25, 0.3) is 0 Å². The standard InChI is InChI=1S/C11H21NO/c1-3-11(4-2)10(9-5-6-9)12-7-8-13-11/h9-10,12H,3-8H2,1-2H3. The first-order valence-corrected chi connectivity index (χ1v) is 5.69. The van der Waals surface area contributed by atoms with Gasteiger partial charge >= 0.3 is 0 Å². The van der Waals surface area contributed by atoms with E-state index in [1.807, 2.05) is 0 Å². The molecule has 1 unspecified atom stereocenters. The molecule has 1 N–H and O–H groups in total. The molecule has 2 rings (SSSR count). The molecule has 0 aromatic rings. The van der Waals surface area contributed by atoms with Crippen LogP contribution in [0, 0.1) is 5.92 Å². The SMILES string of the molecule is CCC1(CC)OCCNC1C1CC1. The van der Waals surface area contributed by atoms with Crippen LogP contribution in [0.15, 0.2) is 0 Å². The van der Waals surface area contributed by atoms with Crippen molar-refractivity contribution in [1.82, 2.24) is 5.32 Å². The maximum absolute atomic E-state index is 6.02. The van der Waals surface area contributed by atoms with Crippen LogP contribution >= 0.6 is 0 Å². The van der Waals surface area contributed by atoms with Gasteiger partial charge in [-0.15, -0.1) is 0 Å². The van der Waals surface area contributed by atoms with E-state index < -0.39 is 0 Å². The highest BCUT2D eigenvalue weighted by Crippen LogP contribution is 2.42. The first kappa shape index (κ1) is 9.47. The first-order chi connectivity index (χ1) is 6.32. The Bertz CT molecular complexity index is 173. The zero-order chi connectivity index (χ0) is 9.31. The summed E-state index contributed by atoms with van der Waals surface area (Å²) in [5, 5.41) is 3.65. The number of morpholine rings is 1. The molecule has 1 heterocycles. The molecule has 0 aromatic heterocycles. The van der Waals surface area contributed by atoms with Crippen LogP contribution in [-0.2, 0) is 4.74 Å². The molecule has 1 saturated carbocycles. The maximum Gasteiger partial charge on any atom is 0.0832 e. The normalized spacial score (nSPS) is 33.2. The van der Waals surface area contributed by atoms with Crippen LogP contribution in [0.2, 0.25) is 0 Å². The van der Waals surface area contributed by atoms with E-state index in [0.29, 0.717) is 6.04 Å². The summed E-state index contributed by atoms with van der Waals surface area (Å²) in [6.45, 7) is 6.45. The second kappa shape index (κ2) is 3.58. The minimum Gasteiger partial charge on any atom is -0.372 e. The summed E-state index contributed by atoms with van der Waals surface area (Å²) < 4.78 is 6.02. The Morgan fingerprint density at radius 1 is 1.31 bits per heavy atom. The molecule has 0 amide bonds. The quantitative estimate of drug-likeness (QED) is 0.722. The van der Waals surface area contributed by atoms with Gasteiger partial charge in [0, 0.05) is 12.6 Å². The highest BCUT2D eigenvalue weighted by Gasteiger charge is 2.46. The second-order valence-corrected chi connectivity index (χ2v) is 4.39. The molecule has 13 heavy (non-hydrogen) atoms. The third kappa shape index (κ3) is 1.62. The van der Waals surface area contributed by atoms with Gasteiger partial charge in [0.05, 0.1) is 12.2 Å². The predicted molar refractivity (Wildman–Crippen MR) is 53.8 cm³/mol. The molecule has 1 saturated heterocycles. The zero-order valence-electron chi connectivity index (χ0n) is 8.81. The van der Waals surface area contributed by atoms with Gasteiger partial charge in [-0.3, -0.25) is 0 Å². The lowest BCUT2D eigenvalue weighted by Crippen LogP contribution is -2.58. The van der Waals surface area contributed by atoms with E-state index in [-0.39, 0.29) is 5.60 Å². The minimum atomic E-state index is 0.152. The van der Waals surface area contributed by atoms with Gasteiger partial charge < -0.3 is 10.1 Å². The van der Waals surface area contributed by atoms with Gasteiger partial charge in [0.1, 0.15) is 0 Å². The lowest BCUT2D eigenvalue weighted by atomic mass is 9.84. The van der Waals surface area contributed by atoms with Gasteiger partial charge in [0.2, 0.25) is 0 Å². The Morgan fingerprint density at radius 3 is 2.54 bits per heavy atom. The molecule has 0 aromatic carbocycles. The van der Waals surface area contributed by atoms with Crippen molar-refractivity contribution in [1.29, 1.82) is 0 Å². The Labute approximate surface area is 81.0 Å². The molecule has 76 valence electrons. The number of nitrogens with one attached hydrogen (secondary N) is 1. The van der Waals surface area contributed by atoms with E-state index >= 15 is 0 Å². The fraction of sp³-hybridized carbons (Fsp3) is 1.00. The van der Waals surface area contributed by atoms with Crippen molar-refractivity contribution in [2.24, 2.45) is 5.92 Å². The molecule has 0 radical (unpaired) electrons. The fourth-order valence-electron chi connectivity index (χ4n) is 2.66. The smallest absolute Gasteiger partial charge is 0.0832 e. The van der Waals surface area contributed by atoms with Crippen LogP contribution in [0.1, 0.15) is 39.5 Å². The van der Waals surface area contributed by atoms with Gasteiger partial charge in [-0.05, 0) is 31.6 Å². The average molecular weight is 183 g/mol. The van der Waals surface area contributed by atoms with Crippen molar-refractivity contribution < 1.29 is 4.74 Å². The zero-order valence-corrected chi connectivity index (χ0v) is 8.81. The summed E-state index contributed by atoms with van der Waals surface area (Å²) in [6.07, 6.45) is 5.11. The third-order valence-corrected chi connectivity index (χ3v) is 3.71. The topological polar surface area (TPSA) is 21.3 Å². The summed E-state index contributed by atoms with van der Waals surface area (Å²) in [7, 11) is 0. The summed E-state index contributed by atoms with van der Waals surface area (Å²) in [6, 6.07) is 0.635. The van der Waals surface area contributed by atoms with Crippen LogP contribution < -0.4 is 5.32 Å². The number of ether oxygens (including phenoxy) is 1. The molecule has 1 aliphatic carbocycles. The molecule has 2 aliphatic rings. The molecule has 1 atom stereocenters. The lowest BCUT2D eigenvalue weighted by molar-refractivity contribution is -0.107. The Balaban J connectivity index is 2.09. The van der Waals surface area contributed by atoms with Crippen LogP contribution in [0.3, 0.4) is 0 Å². The molecule has 2 nitrogen and oxygen atoms in total. The third-order valence-electron chi connectivity index (χ3n) is 3.71. The highest BCUT2D eigenvalue weighted by atomic mass is 16.5. The molecular weight excluding hydrogens is 162 g/mol. The van der Waals surface area contributed by atoms with Gasteiger partial charge in [0.15, 0.2) is 0 Å². The van der Waals surface area contributed by atoms with Crippen LogP contribution in [-0.4, -0.2) is 24.8 Å². The van der Waals surface area contributed by atoms with Crippen LogP contribution in [0.5, 0.6) is 0 Å². The summed E-state index contributed by atoms with van der Waals surface area (Å²) >= 11 is 0. The molecule has 2 fully saturated rings. The summed E-state index contributed by atoms with van der Waals surface area (Å²) in [5.74, 6) is 0.903. The van der Waals surface area contributed by atoms with Crippen molar-refractivity contribution in [3.8, 4) is 0 Å². The van der Waals surface area contributed by atoms with Crippen LogP contribution in [0.4, 0.5) is 0 Å². The van der Waals surface area contributed by atoms with Crippen molar-refractivity contribution in [3.05, 3.63) is 0 Å². The van der Waals surface area contributed by atoms with Gasteiger partial charge in [0.25, 0.3) is 0 Å². The van der Waals surface area contributed by atoms with Gasteiger partial charge in [-0.1, -0.05) is 13.8 Å². The first-order valence-electron chi connectivity index (χ1n) is 5.69. The van der Waals surface area contributed by atoms with E-state index in [0.717, 1.165) is 31.9 Å². The Hall–Kier alpha value is -0.0800. The van der Waals surface area contributed by atoms with E-state index in [1.165, 1.54) is 12.8 Å². The lowest BCUT2D eigenvalue weighted by Gasteiger charge is -2.44. The monoisotopic (exact) mass is 183 g/mol.